The Hall–Kier alpha value is -0.870. The molecule has 0 saturated heterocycles. The molecular weight excluding hydrogens is 270 g/mol. The van der Waals surface area contributed by atoms with Crippen LogP contribution in [0.2, 0.25) is 0 Å². The second-order valence-corrected chi connectivity index (χ2v) is 8.16. The zero-order chi connectivity index (χ0) is 14.8. The molecule has 1 N–H and O–H groups in total. The molecule has 2 rings (SSSR count). The lowest BCUT2D eigenvalue weighted by Gasteiger charge is -2.17. The fourth-order valence-corrected chi connectivity index (χ4v) is 4.59. The summed E-state index contributed by atoms with van der Waals surface area (Å²) in [5.41, 5.74) is 3.16. The van der Waals surface area contributed by atoms with Gasteiger partial charge in [0.2, 0.25) is 0 Å². The van der Waals surface area contributed by atoms with E-state index in [4.69, 9.17) is 0 Å². The number of hydrogen-bond donors (Lipinski definition) is 1. The zero-order valence-corrected chi connectivity index (χ0v) is 13.5. The number of aryl methyl sites for hydroxylation is 2. The van der Waals surface area contributed by atoms with Crippen LogP contribution >= 0.6 is 0 Å². The average molecular weight is 295 g/mol. The Labute approximate surface area is 122 Å². The summed E-state index contributed by atoms with van der Waals surface area (Å²) in [6.45, 7) is 6.88. The van der Waals surface area contributed by atoms with Crippen molar-refractivity contribution >= 4 is 9.84 Å². The van der Waals surface area contributed by atoms with Crippen molar-refractivity contribution in [2.75, 3.05) is 12.3 Å². The van der Waals surface area contributed by atoms with Gasteiger partial charge in [0.15, 0.2) is 9.84 Å². The van der Waals surface area contributed by atoms with E-state index in [1.54, 1.807) is 0 Å². The van der Waals surface area contributed by atoms with Gasteiger partial charge < -0.3 is 5.32 Å². The van der Waals surface area contributed by atoms with Gasteiger partial charge in [0, 0.05) is 6.04 Å². The third-order valence-electron chi connectivity index (χ3n) is 3.76. The van der Waals surface area contributed by atoms with Gasteiger partial charge >= 0.3 is 0 Å². The van der Waals surface area contributed by atoms with Gasteiger partial charge in [-0.05, 0) is 44.7 Å². The first-order valence-corrected chi connectivity index (χ1v) is 9.23. The van der Waals surface area contributed by atoms with Crippen molar-refractivity contribution < 1.29 is 8.42 Å². The highest BCUT2D eigenvalue weighted by Gasteiger charge is 2.33. The fourth-order valence-electron chi connectivity index (χ4n) is 2.86. The van der Waals surface area contributed by atoms with E-state index in [-0.39, 0.29) is 17.5 Å². The molecule has 1 fully saturated rings. The summed E-state index contributed by atoms with van der Waals surface area (Å²) in [5.74, 6) is 0.979. The van der Waals surface area contributed by atoms with Gasteiger partial charge in [-0.1, -0.05) is 36.2 Å². The van der Waals surface area contributed by atoms with Crippen molar-refractivity contribution in [3.05, 3.63) is 34.9 Å². The third-order valence-corrected chi connectivity index (χ3v) is 5.40. The summed E-state index contributed by atoms with van der Waals surface area (Å²) in [6.07, 6.45) is 2.33. The second-order valence-electron chi connectivity index (χ2n) is 6.05. The first-order chi connectivity index (χ1) is 9.39. The van der Waals surface area contributed by atoms with Gasteiger partial charge in [0.1, 0.15) is 0 Å². The molecule has 0 spiro atoms. The van der Waals surface area contributed by atoms with Gasteiger partial charge in [0.05, 0.1) is 11.5 Å². The lowest BCUT2D eigenvalue weighted by Crippen LogP contribution is -2.37. The van der Waals surface area contributed by atoms with E-state index in [9.17, 15) is 8.42 Å². The van der Waals surface area contributed by atoms with Crippen LogP contribution in [0.1, 0.15) is 36.5 Å². The highest BCUT2D eigenvalue weighted by atomic mass is 32.2. The second kappa shape index (κ2) is 6.27. The molecule has 1 aliphatic rings. The maximum atomic E-state index is 12.4. The molecule has 1 saturated carbocycles. The van der Waals surface area contributed by atoms with Crippen LogP contribution in [0.25, 0.3) is 0 Å². The van der Waals surface area contributed by atoms with Crippen molar-refractivity contribution in [3.8, 4) is 0 Å². The molecule has 1 aliphatic carbocycles. The monoisotopic (exact) mass is 295 g/mol. The van der Waals surface area contributed by atoms with Crippen LogP contribution in [0.15, 0.2) is 18.2 Å². The standard InChI is InChI=1S/C16H25NO2S/c1-4-17-16(15-5-6-15)11-20(18,19)10-14-8-12(2)7-13(3)9-14/h7-9,15-17H,4-6,10-11H2,1-3H3. The van der Waals surface area contributed by atoms with Crippen molar-refractivity contribution in [1.29, 1.82) is 0 Å². The Morgan fingerprint density at radius 1 is 1.20 bits per heavy atom. The molecule has 0 bridgehead atoms. The number of sulfone groups is 1. The Morgan fingerprint density at radius 3 is 2.30 bits per heavy atom. The predicted octanol–water partition coefficient (Wildman–Crippen LogP) is 2.61. The summed E-state index contributed by atoms with van der Waals surface area (Å²) in [4.78, 5) is 0. The predicted molar refractivity (Wildman–Crippen MR) is 83.6 cm³/mol. The van der Waals surface area contributed by atoms with Crippen molar-refractivity contribution in [2.45, 2.75) is 45.4 Å². The van der Waals surface area contributed by atoms with E-state index in [0.717, 1.165) is 36.1 Å². The van der Waals surface area contributed by atoms with Crippen LogP contribution in [0.5, 0.6) is 0 Å². The first kappa shape index (κ1) is 15.5. The topological polar surface area (TPSA) is 46.2 Å². The van der Waals surface area contributed by atoms with Crippen LogP contribution < -0.4 is 5.32 Å². The van der Waals surface area contributed by atoms with Crippen LogP contribution in [-0.4, -0.2) is 26.8 Å². The number of rotatable bonds is 7. The minimum absolute atomic E-state index is 0.135. The van der Waals surface area contributed by atoms with Gasteiger partial charge in [-0.3, -0.25) is 0 Å². The van der Waals surface area contributed by atoms with Gasteiger partial charge in [-0.25, -0.2) is 8.42 Å². The highest BCUT2D eigenvalue weighted by Crippen LogP contribution is 2.33. The first-order valence-electron chi connectivity index (χ1n) is 7.40. The van der Waals surface area contributed by atoms with E-state index in [1.807, 2.05) is 32.9 Å². The van der Waals surface area contributed by atoms with Crippen LogP contribution in [0.4, 0.5) is 0 Å². The van der Waals surface area contributed by atoms with Gasteiger partial charge in [0.25, 0.3) is 0 Å². The average Bonchev–Trinajstić information content (AvgIpc) is 3.09. The number of hydrogen-bond acceptors (Lipinski definition) is 3. The maximum Gasteiger partial charge on any atom is 0.155 e. The molecular formula is C16H25NO2S. The molecule has 3 nitrogen and oxygen atoms in total. The lowest BCUT2D eigenvalue weighted by molar-refractivity contribution is 0.502. The lowest BCUT2D eigenvalue weighted by atomic mass is 10.1. The molecule has 1 unspecified atom stereocenters. The number of benzene rings is 1. The molecule has 112 valence electrons. The molecule has 1 aromatic carbocycles. The SMILES string of the molecule is CCNC(CS(=O)(=O)Cc1cc(C)cc(C)c1)C1CC1. The van der Waals surface area contributed by atoms with Crippen LogP contribution in [0.3, 0.4) is 0 Å². The van der Waals surface area contributed by atoms with E-state index in [0.29, 0.717) is 5.92 Å². The zero-order valence-electron chi connectivity index (χ0n) is 12.6. The molecule has 0 radical (unpaired) electrons. The van der Waals surface area contributed by atoms with E-state index >= 15 is 0 Å². The maximum absolute atomic E-state index is 12.4. The van der Waals surface area contributed by atoms with E-state index in [2.05, 4.69) is 11.4 Å². The molecule has 1 atom stereocenters. The molecule has 0 aromatic heterocycles. The molecule has 20 heavy (non-hydrogen) atoms. The van der Waals surface area contributed by atoms with Crippen molar-refractivity contribution in [2.24, 2.45) is 5.92 Å². The quantitative estimate of drug-likeness (QED) is 0.841. The highest BCUT2D eigenvalue weighted by molar-refractivity contribution is 7.90. The minimum atomic E-state index is -3.06. The van der Waals surface area contributed by atoms with Crippen LogP contribution in [-0.2, 0) is 15.6 Å². The Kier molecular flexibility index (Phi) is 4.86. The number of nitrogens with one attached hydrogen (secondary N) is 1. The molecule has 0 amide bonds. The van der Waals surface area contributed by atoms with Gasteiger partial charge in [-0.15, -0.1) is 0 Å². The van der Waals surface area contributed by atoms with Crippen LogP contribution in [0, 0.1) is 19.8 Å². The summed E-state index contributed by atoms with van der Waals surface area (Å²) in [5, 5.41) is 3.33. The van der Waals surface area contributed by atoms with Crippen molar-refractivity contribution in [3.63, 3.8) is 0 Å². The van der Waals surface area contributed by atoms with E-state index in [1.165, 1.54) is 0 Å². The Bertz CT molecular complexity index is 542. The molecule has 1 aromatic rings. The third kappa shape index (κ3) is 4.60. The largest absolute Gasteiger partial charge is 0.313 e. The van der Waals surface area contributed by atoms with Gasteiger partial charge in [-0.2, -0.15) is 0 Å². The van der Waals surface area contributed by atoms with Crippen molar-refractivity contribution in [1.82, 2.24) is 5.32 Å². The molecule has 0 heterocycles. The Balaban J connectivity index is 2.05. The normalized spacial score (nSPS) is 17.1. The minimum Gasteiger partial charge on any atom is -0.313 e. The summed E-state index contributed by atoms with van der Waals surface area (Å²) in [6, 6.07) is 6.16. The smallest absolute Gasteiger partial charge is 0.155 e. The van der Waals surface area contributed by atoms with E-state index < -0.39 is 9.84 Å². The Morgan fingerprint density at radius 2 is 1.80 bits per heavy atom. The summed E-state index contributed by atoms with van der Waals surface area (Å²) >= 11 is 0. The summed E-state index contributed by atoms with van der Waals surface area (Å²) in [7, 11) is -3.06. The fraction of sp³-hybridized carbons (Fsp3) is 0.625. The summed E-state index contributed by atoms with van der Waals surface area (Å²) < 4.78 is 24.8. The molecule has 4 heteroatoms. The molecule has 0 aliphatic heterocycles.